The number of rotatable bonds is 6. The number of pyridine rings is 1. The van der Waals surface area contributed by atoms with Crippen LogP contribution in [0.3, 0.4) is 0 Å². The number of hydrazine groups is 1. The number of benzene rings is 1. The van der Waals surface area contributed by atoms with Gasteiger partial charge < -0.3 is 15.5 Å². The Morgan fingerprint density at radius 2 is 2.05 bits per heavy atom. The van der Waals surface area contributed by atoms with Gasteiger partial charge in [-0.1, -0.05) is 12.1 Å². The highest BCUT2D eigenvalue weighted by atomic mass is 16.5. The Morgan fingerprint density at radius 3 is 2.71 bits per heavy atom. The SMILES string of the molecule is COc1ccc(CCNC(=O)c2cccnc2NN)cc1. The zero-order chi connectivity index (χ0) is 15.1. The van der Waals surface area contributed by atoms with E-state index in [2.05, 4.69) is 15.7 Å². The number of carbonyl (C=O) groups is 1. The zero-order valence-electron chi connectivity index (χ0n) is 11.8. The molecule has 21 heavy (non-hydrogen) atoms. The second-order valence-electron chi connectivity index (χ2n) is 4.40. The average Bonchev–Trinajstić information content (AvgIpc) is 2.55. The van der Waals surface area contributed by atoms with E-state index in [0.29, 0.717) is 17.9 Å². The number of anilines is 1. The van der Waals surface area contributed by atoms with Gasteiger partial charge in [-0.2, -0.15) is 0 Å². The van der Waals surface area contributed by atoms with Gasteiger partial charge in [0.25, 0.3) is 5.91 Å². The topological polar surface area (TPSA) is 89.3 Å². The van der Waals surface area contributed by atoms with Gasteiger partial charge in [0.05, 0.1) is 12.7 Å². The maximum Gasteiger partial charge on any atom is 0.255 e. The van der Waals surface area contributed by atoms with Crippen LogP contribution in [0.25, 0.3) is 0 Å². The molecule has 2 aromatic rings. The van der Waals surface area contributed by atoms with Crippen LogP contribution in [0.2, 0.25) is 0 Å². The second kappa shape index (κ2) is 7.25. The molecule has 0 atom stereocenters. The highest BCUT2D eigenvalue weighted by Crippen LogP contribution is 2.12. The van der Waals surface area contributed by atoms with Crippen LogP contribution in [0, 0.1) is 0 Å². The average molecular weight is 286 g/mol. The van der Waals surface area contributed by atoms with Crippen molar-refractivity contribution >= 4 is 11.7 Å². The van der Waals surface area contributed by atoms with Crippen LogP contribution >= 0.6 is 0 Å². The monoisotopic (exact) mass is 286 g/mol. The Morgan fingerprint density at radius 1 is 1.29 bits per heavy atom. The van der Waals surface area contributed by atoms with Crippen molar-refractivity contribution in [2.75, 3.05) is 19.1 Å². The molecule has 0 saturated heterocycles. The summed E-state index contributed by atoms with van der Waals surface area (Å²) in [4.78, 5) is 16.0. The van der Waals surface area contributed by atoms with Crippen LogP contribution in [0.15, 0.2) is 42.6 Å². The maximum absolute atomic E-state index is 12.0. The first-order valence-corrected chi connectivity index (χ1v) is 6.57. The fraction of sp³-hybridized carbons (Fsp3) is 0.200. The lowest BCUT2D eigenvalue weighted by atomic mass is 10.1. The lowest BCUT2D eigenvalue weighted by molar-refractivity contribution is 0.0954. The van der Waals surface area contributed by atoms with E-state index < -0.39 is 0 Å². The standard InChI is InChI=1S/C15H18N4O2/c1-21-12-6-4-11(5-7-12)8-10-18-15(20)13-3-2-9-17-14(13)19-16/h2-7,9H,8,10,16H2,1H3,(H,17,19)(H,18,20). The molecule has 0 spiro atoms. The number of hydrogen-bond acceptors (Lipinski definition) is 5. The minimum Gasteiger partial charge on any atom is -0.497 e. The number of nitrogens with one attached hydrogen (secondary N) is 2. The van der Waals surface area contributed by atoms with Gasteiger partial charge in [-0.05, 0) is 36.2 Å². The van der Waals surface area contributed by atoms with Gasteiger partial charge in [-0.25, -0.2) is 10.8 Å². The molecule has 6 nitrogen and oxygen atoms in total. The number of amides is 1. The number of nitrogens with two attached hydrogens (primary N) is 1. The summed E-state index contributed by atoms with van der Waals surface area (Å²) < 4.78 is 5.10. The van der Waals surface area contributed by atoms with Gasteiger partial charge in [0.1, 0.15) is 5.75 Å². The van der Waals surface area contributed by atoms with Crippen molar-refractivity contribution in [2.45, 2.75) is 6.42 Å². The van der Waals surface area contributed by atoms with E-state index in [1.807, 2.05) is 24.3 Å². The molecule has 110 valence electrons. The van der Waals surface area contributed by atoms with Crippen molar-refractivity contribution in [3.8, 4) is 5.75 Å². The molecule has 0 aliphatic heterocycles. The molecule has 2 rings (SSSR count). The largest absolute Gasteiger partial charge is 0.497 e. The Bertz CT molecular complexity index is 599. The number of aromatic nitrogens is 1. The van der Waals surface area contributed by atoms with Crippen molar-refractivity contribution < 1.29 is 9.53 Å². The summed E-state index contributed by atoms with van der Waals surface area (Å²) in [6, 6.07) is 11.1. The van der Waals surface area contributed by atoms with Crippen LogP contribution in [0.4, 0.5) is 5.82 Å². The first kappa shape index (κ1) is 14.8. The fourth-order valence-corrected chi connectivity index (χ4v) is 1.91. The van der Waals surface area contributed by atoms with Crippen LogP contribution < -0.4 is 21.3 Å². The Kier molecular flexibility index (Phi) is 5.11. The summed E-state index contributed by atoms with van der Waals surface area (Å²) in [6.45, 7) is 0.532. The Labute approximate surface area is 123 Å². The van der Waals surface area contributed by atoms with Crippen LogP contribution in [0.1, 0.15) is 15.9 Å². The summed E-state index contributed by atoms with van der Waals surface area (Å²) in [7, 11) is 1.63. The van der Waals surface area contributed by atoms with E-state index in [1.54, 1.807) is 25.4 Å². The van der Waals surface area contributed by atoms with Crippen molar-refractivity contribution in [1.29, 1.82) is 0 Å². The van der Waals surface area contributed by atoms with E-state index in [4.69, 9.17) is 10.6 Å². The highest BCUT2D eigenvalue weighted by molar-refractivity contribution is 5.98. The molecule has 6 heteroatoms. The van der Waals surface area contributed by atoms with Gasteiger partial charge in [0, 0.05) is 12.7 Å². The molecule has 0 bridgehead atoms. The van der Waals surface area contributed by atoms with E-state index in [9.17, 15) is 4.79 Å². The van der Waals surface area contributed by atoms with Gasteiger partial charge in [-0.3, -0.25) is 4.79 Å². The quantitative estimate of drug-likeness (QED) is 0.551. The lowest BCUT2D eigenvalue weighted by Gasteiger charge is -2.09. The number of ether oxygens (including phenoxy) is 1. The fourth-order valence-electron chi connectivity index (χ4n) is 1.91. The summed E-state index contributed by atoms with van der Waals surface area (Å²) in [5.41, 5.74) is 3.96. The minimum absolute atomic E-state index is 0.204. The summed E-state index contributed by atoms with van der Waals surface area (Å²) >= 11 is 0. The summed E-state index contributed by atoms with van der Waals surface area (Å²) in [5, 5.41) is 2.85. The molecule has 0 saturated carbocycles. The molecule has 0 aliphatic rings. The van der Waals surface area contributed by atoms with E-state index in [1.165, 1.54) is 0 Å². The van der Waals surface area contributed by atoms with Gasteiger partial charge in [0.2, 0.25) is 0 Å². The molecule has 0 unspecified atom stereocenters. The highest BCUT2D eigenvalue weighted by Gasteiger charge is 2.10. The molecule has 1 aromatic carbocycles. The molecular weight excluding hydrogens is 268 g/mol. The smallest absolute Gasteiger partial charge is 0.255 e. The predicted octanol–water partition coefficient (Wildman–Crippen LogP) is 1.35. The number of methoxy groups -OCH3 is 1. The molecule has 0 radical (unpaired) electrons. The number of nitrogen functional groups attached to an aromatic ring is 1. The molecular formula is C15H18N4O2. The van der Waals surface area contributed by atoms with Crippen molar-refractivity contribution in [3.63, 3.8) is 0 Å². The predicted molar refractivity (Wildman–Crippen MR) is 81.1 cm³/mol. The molecule has 4 N–H and O–H groups in total. The van der Waals surface area contributed by atoms with Crippen molar-refractivity contribution in [1.82, 2.24) is 10.3 Å². The van der Waals surface area contributed by atoms with Crippen LogP contribution in [-0.2, 0) is 6.42 Å². The zero-order valence-corrected chi connectivity index (χ0v) is 11.8. The first-order chi connectivity index (χ1) is 10.2. The molecule has 1 amide bonds. The Hall–Kier alpha value is -2.60. The van der Waals surface area contributed by atoms with Crippen LogP contribution in [0.5, 0.6) is 5.75 Å². The van der Waals surface area contributed by atoms with Crippen molar-refractivity contribution in [2.24, 2.45) is 5.84 Å². The third-order valence-electron chi connectivity index (χ3n) is 3.05. The first-order valence-electron chi connectivity index (χ1n) is 6.57. The third-order valence-corrected chi connectivity index (χ3v) is 3.05. The van der Waals surface area contributed by atoms with Gasteiger partial charge >= 0.3 is 0 Å². The Balaban J connectivity index is 1.89. The number of hydrogen-bond donors (Lipinski definition) is 3. The van der Waals surface area contributed by atoms with Gasteiger partial charge in [0.15, 0.2) is 5.82 Å². The van der Waals surface area contributed by atoms with E-state index in [0.717, 1.165) is 17.7 Å². The third kappa shape index (κ3) is 3.93. The number of nitrogens with zero attached hydrogens (tertiary/aromatic N) is 1. The summed E-state index contributed by atoms with van der Waals surface area (Å²) in [6.07, 6.45) is 2.31. The van der Waals surface area contributed by atoms with E-state index >= 15 is 0 Å². The minimum atomic E-state index is -0.204. The second-order valence-corrected chi connectivity index (χ2v) is 4.40. The molecule has 0 aliphatic carbocycles. The lowest BCUT2D eigenvalue weighted by Crippen LogP contribution is -2.27. The van der Waals surface area contributed by atoms with Crippen molar-refractivity contribution in [3.05, 3.63) is 53.7 Å². The van der Waals surface area contributed by atoms with E-state index in [-0.39, 0.29) is 5.91 Å². The summed E-state index contributed by atoms with van der Waals surface area (Å²) in [5.74, 6) is 6.30. The molecule has 1 aromatic heterocycles. The van der Waals surface area contributed by atoms with Gasteiger partial charge in [-0.15, -0.1) is 0 Å². The number of carbonyl (C=O) groups excluding carboxylic acids is 1. The van der Waals surface area contributed by atoms with Crippen LogP contribution in [-0.4, -0.2) is 24.5 Å². The molecule has 1 heterocycles. The normalized spacial score (nSPS) is 10.0. The molecule has 0 fully saturated rings. The maximum atomic E-state index is 12.0.